The van der Waals surface area contributed by atoms with Crippen molar-refractivity contribution >= 4 is 29.2 Å². The number of esters is 1. The third-order valence-corrected chi connectivity index (χ3v) is 3.77. The van der Waals surface area contributed by atoms with Crippen molar-refractivity contribution in [2.24, 2.45) is 0 Å². The van der Waals surface area contributed by atoms with Gasteiger partial charge in [0.25, 0.3) is 0 Å². The number of nitrogens with zero attached hydrogens (tertiary/aromatic N) is 1. The minimum atomic E-state index is -0.884. The quantitative estimate of drug-likeness (QED) is 0.786. The maximum absolute atomic E-state index is 13.6. The molecule has 0 saturated carbocycles. The van der Waals surface area contributed by atoms with Gasteiger partial charge in [0.2, 0.25) is 11.8 Å². The average molecular weight is 376 g/mol. The lowest BCUT2D eigenvalue weighted by atomic mass is 10.2. The molecule has 6 nitrogen and oxygen atoms in total. The minimum absolute atomic E-state index is 0.00515. The second-order valence-corrected chi connectivity index (χ2v) is 5.60. The lowest BCUT2D eigenvalue weighted by Gasteiger charge is -2.21. The molecule has 0 aromatic heterocycles. The van der Waals surface area contributed by atoms with Gasteiger partial charge < -0.3 is 15.0 Å². The number of carbonyl (C=O) groups is 3. The number of anilines is 2. The Labute approximate surface area is 154 Å². The van der Waals surface area contributed by atoms with E-state index >= 15 is 0 Å². The molecule has 0 radical (unpaired) electrons. The van der Waals surface area contributed by atoms with E-state index in [-0.39, 0.29) is 18.9 Å². The number of benzene rings is 2. The molecule has 0 unspecified atom stereocenters. The van der Waals surface area contributed by atoms with Crippen LogP contribution in [0.15, 0.2) is 42.5 Å². The first-order valence-electron chi connectivity index (χ1n) is 8.04. The summed E-state index contributed by atoms with van der Waals surface area (Å²) in [7, 11) is 1.26. The maximum Gasteiger partial charge on any atom is 0.337 e. The molecule has 2 rings (SSSR count). The molecule has 0 aliphatic rings. The van der Waals surface area contributed by atoms with Crippen LogP contribution in [0.2, 0.25) is 0 Å². The molecule has 1 N–H and O–H groups in total. The van der Waals surface area contributed by atoms with Crippen LogP contribution in [0.5, 0.6) is 0 Å². The maximum atomic E-state index is 13.6. The first-order valence-corrected chi connectivity index (χ1v) is 8.04. The van der Waals surface area contributed by atoms with Crippen molar-refractivity contribution in [3.05, 3.63) is 59.7 Å². The van der Waals surface area contributed by atoms with Crippen molar-refractivity contribution in [3.63, 3.8) is 0 Å². The van der Waals surface area contributed by atoms with E-state index in [9.17, 15) is 23.2 Å². The number of carbonyl (C=O) groups excluding carboxylic acids is 3. The molecule has 2 aromatic rings. The molecular formula is C19H18F2N2O4. The number of para-hydroxylation sites is 1. The number of hydrogen-bond donors (Lipinski definition) is 1. The third-order valence-electron chi connectivity index (χ3n) is 3.77. The fourth-order valence-electron chi connectivity index (χ4n) is 2.40. The van der Waals surface area contributed by atoms with Gasteiger partial charge in [-0.15, -0.1) is 0 Å². The second-order valence-electron chi connectivity index (χ2n) is 5.60. The highest BCUT2D eigenvalue weighted by Crippen LogP contribution is 2.19. The van der Waals surface area contributed by atoms with E-state index < -0.39 is 29.2 Å². The summed E-state index contributed by atoms with van der Waals surface area (Å²) in [4.78, 5) is 36.7. The van der Waals surface area contributed by atoms with E-state index in [1.54, 1.807) is 12.1 Å². The Bertz CT molecular complexity index is 833. The zero-order valence-electron chi connectivity index (χ0n) is 14.8. The Morgan fingerprint density at radius 2 is 1.63 bits per heavy atom. The van der Waals surface area contributed by atoms with Crippen LogP contribution in [-0.2, 0) is 14.3 Å². The van der Waals surface area contributed by atoms with Gasteiger partial charge in [-0.2, -0.15) is 0 Å². The highest BCUT2D eigenvalue weighted by molar-refractivity contribution is 5.95. The largest absolute Gasteiger partial charge is 0.465 e. The molecule has 0 aliphatic carbocycles. The predicted octanol–water partition coefficient (Wildman–Crippen LogP) is 3.13. The van der Waals surface area contributed by atoms with Gasteiger partial charge in [0.05, 0.1) is 12.7 Å². The molecule has 0 spiro atoms. The van der Waals surface area contributed by atoms with Crippen molar-refractivity contribution in [1.82, 2.24) is 0 Å². The highest BCUT2D eigenvalue weighted by Gasteiger charge is 2.16. The predicted molar refractivity (Wildman–Crippen MR) is 95.4 cm³/mol. The molecule has 8 heteroatoms. The molecule has 2 aromatic carbocycles. The molecule has 27 heavy (non-hydrogen) atoms. The topological polar surface area (TPSA) is 75.7 Å². The van der Waals surface area contributed by atoms with Crippen LogP contribution < -0.4 is 10.2 Å². The third kappa shape index (κ3) is 5.10. The van der Waals surface area contributed by atoms with Gasteiger partial charge in [-0.25, -0.2) is 13.6 Å². The van der Waals surface area contributed by atoms with Crippen LogP contribution in [0.3, 0.4) is 0 Å². The standard InChI is InChI=1S/C19H18F2N2O4/c1-12(24)23(14-8-6-13(7-9-14)19(26)27-2)11-10-17(25)22-18-15(20)4-3-5-16(18)21/h3-9H,10-11H2,1-2H3,(H,22,25). The highest BCUT2D eigenvalue weighted by atomic mass is 19.1. The number of methoxy groups -OCH3 is 1. The Morgan fingerprint density at radius 1 is 1.04 bits per heavy atom. The van der Waals surface area contributed by atoms with Gasteiger partial charge in [-0.3, -0.25) is 9.59 Å². The number of hydrogen-bond acceptors (Lipinski definition) is 4. The summed E-state index contributed by atoms with van der Waals surface area (Å²) in [6.45, 7) is 1.32. The smallest absolute Gasteiger partial charge is 0.337 e. The van der Waals surface area contributed by atoms with Crippen LogP contribution in [0.25, 0.3) is 0 Å². The van der Waals surface area contributed by atoms with Crippen LogP contribution in [-0.4, -0.2) is 31.4 Å². The van der Waals surface area contributed by atoms with E-state index in [0.29, 0.717) is 11.3 Å². The second kappa shape index (κ2) is 8.88. The zero-order chi connectivity index (χ0) is 20.0. The molecule has 0 aliphatic heterocycles. The Kier molecular flexibility index (Phi) is 6.59. The lowest BCUT2D eigenvalue weighted by Crippen LogP contribution is -2.32. The van der Waals surface area contributed by atoms with E-state index in [2.05, 4.69) is 10.1 Å². The van der Waals surface area contributed by atoms with Gasteiger partial charge >= 0.3 is 5.97 Å². The van der Waals surface area contributed by atoms with Gasteiger partial charge in [0.15, 0.2) is 0 Å². The van der Waals surface area contributed by atoms with Crippen molar-refractivity contribution in [2.45, 2.75) is 13.3 Å². The molecule has 0 fully saturated rings. The van der Waals surface area contributed by atoms with Crippen molar-refractivity contribution in [2.75, 3.05) is 23.9 Å². The van der Waals surface area contributed by atoms with Crippen LogP contribution in [0.1, 0.15) is 23.7 Å². The molecule has 0 heterocycles. The van der Waals surface area contributed by atoms with Gasteiger partial charge in [0, 0.05) is 25.6 Å². The summed E-state index contributed by atoms with van der Waals surface area (Å²) in [5.41, 5.74) is 0.261. The summed E-state index contributed by atoms with van der Waals surface area (Å²) >= 11 is 0. The molecule has 0 atom stereocenters. The van der Waals surface area contributed by atoms with Gasteiger partial charge in [-0.05, 0) is 36.4 Å². The summed E-state index contributed by atoms with van der Waals surface area (Å²) in [6, 6.07) is 9.32. The van der Waals surface area contributed by atoms with Crippen LogP contribution in [0, 0.1) is 11.6 Å². The van der Waals surface area contributed by atoms with E-state index in [1.807, 2.05) is 0 Å². The number of nitrogens with one attached hydrogen (secondary N) is 1. The number of rotatable bonds is 6. The van der Waals surface area contributed by atoms with Gasteiger partial charge in [0.1, 0.15) is 17.3 Å². The monoisotopic (exact) mass is 376 g/mol. The summed E-state index contributed by atoms with van der Waals surface area (Å²) < 4.78 is 31.8. The summed E-state index contributed by atoms with van der Waals surface area (Å²) in [5.74, 6) is -3.25. The molecular weight excluding hydrogens is 358 g/mol. The molecule has 142 valence electrons. The fraction of sp³-hybridized carbons (Fsp3) is 0.211. The average Bonchev–Trinajstić information content (AvgIpc) is 2.64. The SMILES string of the molecule is COC(=O)c1ccc(N(CCC(=O)Nc2c(F)cccc2F)C(C)=O)cc1. The van der Waals surface area contributed by atoms with E-state index in [4.69, 9.17) is 0 Å². The van der Waals surface area contributed by atoms with Crippen molar-refractivity contribution in [1.29, 1.82) is 0 Å². The van der Waals surface area contributed by atoms with Crippen molar-refractivity contribution in [3.8, 4) is 0 Å². The minimum Gasteiger partial charge on any atom is -0.465 e. The molecule has 2 amide bonds. The number of halogens is 2. The summed E-state index contributed by atoms with van der Waals surface area (Å²) in [5, 5.41) is 2.17. The first kappa shape index (κ1) is 20.0. The number of amides is 2. The Hall–Kier alpha value is -3.29. The van der Waals surface area contributed by atoms with Crippen molar-refractivity contribution < 1.29 is 27.9 Å². The Balaban J connectivity index is 2.05. The first-order chi connectivity index (χ1) is 12.8. The Morgan fingerprint density at radius 3 is 2.15 bits per heavy atom. The number of ether oxygens (including phenoxy) is 1. The van der Waals surface area contributed by atoms with Crippen LogP contribution >= 0.6 is 0 Å². The van der Waals surface area contributed by atoms with E-state index in [1.165, 1.54) is 37.1 Å². The summed E-state index contributed by atoms with van der Waals surface area (Å²) in [6.07, 6.45) is -0.174. The van der Waals surface area contributed by atoms with Crippen LogP contribution in [0.4, 0.5) is 20.2 Å². The fourth-order valence-corrected chi connectivity index (χ4v) is 2.40. The van der Waals surface area contributed by atoms with E-state index in [0.717, 1.165) is 12.1 Å². The normalized spacial score (nSPS) is 10.2. The van der Waals surface area contributed by atoms with Gasteiger partial charge in [-0.1, -0.05) is 6.07 Å². The lowest BCUT2D eigenvalue weighted by molar-refractivity contribution is -0.117. The zero-order valence-corrected chi connectivity index (χ0v) is 14.8. The molecule has 0 saturated heterocycles. The molecule has 0 bridgehead atoms.